The number of nitrogens with zero attached hydrogens (tertiary/aromatic N) is 2. The van der Waals surface area contributed by atoms with Crippen molar-refractivity contribution in [3.8, 4) is 0 Å². The molecule has 1 aliphatic rings. The number of hydrogen-bond acceptors (Lipinski definition) is 2. The predicted octanol–water partition coefficient (Wildman–Crippen LogP) is 4.55. The first kappa shape index (κ1) is 23.6. The number of fused-ring (bicyclic) bond motifs is 1. The molecule has 2 unspecified atom stereocenters. The van der Waals surface area contributed by atoms with Gasteiger partial charge in [-0.2, -0.15) is 0 Å². The summed E-state index contributed by atoms with van der Waals surface area (Å²) in [4.78, 5) is 10.4. The Morgan fingerprint density at radius 1 is 1.13 bits per heavy atom. The second-order valence-corrected chi connectivity index (χ2v) is 8.28. The van der Waals surface area contributed by atoms with Crippen LogP contribution in [0.5, 0.6) is 0 Å². The number of guanidine groups is 1. The molecule has 2 atom stereocenters. The van der Waals surface area contributed by atoms with Crippen LogP contribution < -0.4 is 10.6 Å². The summed E-state index contributed by atoms with van der Waals surface area (Å²) in [7, 11) is 1.86. The molecule has 1 fully saturated rings. The normalized spacial score (nSPS) is 19.7. The zero-order valence-electron chi connectivity index (χ0n) is 18.5. The maximum atomic E-state index is 4.45. The summed E-state index contributed by atoms with van der Waals surface area (Å²) in [6, 6.07) is 20.3. The average Bonchev–Trinajstić information content (AvgIpc) is 3.19. The number of aromatic nitrogens is 1. The third-order valence-corrected chi connectivity index (χ3v) is 6.17. The van der Waals surface area contributed by atoms with Gasteiger partial charge in [-0.3, -0.25) is 9.89 Å². The molecule has 0 bridgehead atoms. The molecule has 3 aromatic rings. The van der Waals surface area contributed by atoms with E-state index in [1.165, 1.54) is 22.0 Å². The fraction of sp³-hybridized carbons (Fsp3) is 0.400. The van der Waals surface area contributed by atoms with Gasteiger partial charge in [-0.15, -0.1) is 24.0 Å². The van der Waals surface area contributed by atoms with Crippen molar-refractivity contribution in [1.29, 1.82) is 0 Å². The van der Waals surface area contributed by atoms with E-state index < -0.39 is 0 Å². The number of nitrogens with one attached hydrogen (secondary N) is 3. The van der Waals surface area contributed by atoms with Crippen molar-refractivity contribution in [3.05, 3.63) is 71.9 Å². The Morgan fingerprint density at radius 2 is 1.90 bits per heavy atom. The molecule has 6 heteroatoms. The minimum atomic E-state index is 0. The molecule has 0 saturated carbocycles. The summed E-state index contributed by atoms with van der Waals surface area (Å²) < 4.78 is 0. The van der Waals surface area contributed by atoms with Crippen molar-refractivity contribution < 1.29 is 0 Å². The summed E-state index contributed by atoms with van der Waals surface area (Å²) in [6.45, 7) is 5.35. The number of aromatic amines is 1. The smallest absolute Gasteiger partial charge is 0.191 e. The van der Waals surface area contributed by atoms with Gasteiger partial charge < -0.3 is 15.6 Å². The number of hydrogen-bond donors (Lipinski definition) is 3. The van der Waals surface area contributed by atoms with Crippen LogP contribution in [0.3, 0.4) is 0 Å². The Bertz CT molecular complexity index is 968. The molecule has 0 radical (unpaired) electrons. The van der Waals surface area contributed by atoms with Gasteiger partial charge in [0.1, 0.15) is 0 Å². The number of rotatable bonds is 6. The van der Waals surface area contributed by atoms with Crippen LogP contribution in [0, 0.1) is 0 Å². The van der Waals surface area contributed by atoms with E-state index in [0.29, 0.717) is 12.1 Å². The van der Waals surface area contributed by atoms with Gasteiger partial charge in [-0.1, -0.05) is 48.5 Å². The highest BCUT2D eigenvalue weighted by atomic mass is 127. The summed E-state index contributed by atoms with van der Waals surface area (Å²) in [5.41, 5.74) is 3.94. The fourth-order valence-electron chi connectivity index (χ4n) is 4.45. The molecule has 0 aliphatic carbocycles. The summed E-state index contributed by atoms with van der Waals surface area (Å²) in [6.07, 6.45) is 5.36. The van der Waals surface area contributed by atoms with Crippen LogP contribution in [-0.2, 0) is 13.0 Å². The van der Waals surface area contributed by atoms with Crippen LogP contribution >= 0.6 is 24.0 Å². The van der Waals surface area contributed by atoms with Gasteiger partial charge in [0, 0.05) is 55.9 Å². The molecule has 2 heterocycles. The van der Waals surface area contributed by atoms with E-state index in [9.17, 15) is 0 Å². The lowest BCUT2D eigenvalue weighted by Crippen LogP contribution is -2.51. The lowest BCUT2D eigenvalue weighted by atomic mass is 9.97. The summed E-state index contributed by atoms with van der Waals surface area (Å²) >= 11 is 0. The second kappa shape index (κ2) is 11.5. The van der Waals surface area contributed by atoms with Crippen LogP contribution in [0.2, 0.25) is 0 Å². The Morgan fingerprint density at radius 3 is 2.68 bits per heavy atom. The largest absolute Gasteiger partial charge is 0.361 e. The molecule has 1 saturated heterocycles. The average molecular weight is 531 g/mol. The lowest BCUT2D eigenvalue weighted by molar-refractivity contribution is 0.134. The first-order valence-corrected chi connectivity index (χ1v) is 11.0. The van der Waals surface area contributed by atoms with Crippen molar-refractivity contribution in [2.45, 2.75) is 44.8 Å². The molecule has 166 valence electrons. The minimum absolute atomic E-state index is 0. The molecule has 2 aromatic carbocycles. The van der Waals surface area contributed by atoms with Crippen LogP contribution in [0.25, 0.3) is 10.9 Å². The van der Waals surface area contributed by atoms with Crippen LogP contribution in [0.1, 0.15) is 30.9 Å². The van der Waals surface area contributed by atoms with E-state index in [1.54, 1.807) is 0 Å². The van der Waals surface area contributed by atoms with E-state index in [0.717, 1.165) is 44.9 Å². The highest BCUT2D eigenvalue weighted by Crippen LogP contribution is 2.20. The zero-order valence-corrected chi connectivity index (χ0v) is 20.8. The molecule has 1 aliphatic heterocycles. The van der Waals surface area contributed by atoms with E-state index >= 15 is 0 Å². The molecule has 4 rings (SSSR count). The van der Waals surface area contributed by atoms with Crippen LogP contribution in [0.15, 0.2) is 65.8 Å². The molecular formula is C25H34IN5. The Kier molecular flexibility index (Phi) is 8.78. The van der Waals surface area contributed by atoms with E-state index in [-0.39, 0.29) is 24.0 Å². The molecule has 3 N–H and O–H groups in total. The highest BCUT2D eigenvalue weighted by Gasteiger charge is 2.25. The van der Waals surface area contributed by atoms with Gasteiger partial charge in [0.05, 0.1) is 0 Å². The maximum absolute atomic E-state index is 4.45. The van der Waals surface area contributed by atoms with Crippen molar-refractivity contribution in [3.63, 3.8) is 0 Å². The molecule has 5 nitrogen and oxygen atoms in total. The van der Waals surface area contributed by atoms with Gasteiger partial charge >= 0.3 is 0 Å². The van der Waals surface area contributed by atoms with Gasteiger partial charge in [-0.25, -0.2) is 0 Å². The number of likely N-dealkylation sites (tertiary alicyclic amines) is 1. The van der Waals surface area contributed by atoms with Gasteiger partial charge in [-0.05, 0) is 43.4 Å². The highest BCUT2D eigenvalue weighted by molar-refractivity contribution is 14.0. The van der Waals surface area contributed by atoms with Gasteiger partial charge in [0.25, 0.3) is 0 Å². The van der Waals surface area contributed by atoms with E-state index in [2.05, 4.69) is 93.2 Å². The summed E-state index contributed by atoms with van der Waals surface area (Å²) in [5.74, 6) is 0.906. The SMILES string of the molecule is CN=C(NCCc1c[nH]c2ccccc12)NC1CCN(Cc2ccccc2)C(C)C1.I. The van der Waals surface area contributed by atoms with Crippen molar-refractivity contribution in [1.82, 2.24) is 20.5 Å². The molecule has 1 aromatic heterocycles. The quantitative estimate of drug-likeness (QED) is 0.249. The number of para-hydroxylation sites is 1. The molecule has 31 heavy (non-hydrogen) atoms. The first-order chi connectivity index (χ1) is 14.7. The van der Waals surface area contributed by atoms with Gasteiger partial charge in [0.15, 0.2) is 5.96 Å². The number of benzene rings is 2. The number of H-pyrrole nitrogens is 1. The van der Waals surface area contributed by atoms with E-state index in [1.807, 2.05) is 7.05 Å². The van der Waals surface area contributed by atoms with Crippen LogP contribution in [-0.4, -0.2) is 48.1 Å². The third-order valence-electron chi connectivity index (χ3n) is 6.17. The Labute approximate surface area is 202 Å². The monoisotopic (exact) mass is 531 g/mol. The maximum Gasteiger partial charge on any atom is 0.191 e. The third kappa shape index (κ3) is 6.23. The number of aliphatic imine (C=N–C) groups is 1. The predicted molar refractivity (Wildman–Crippen MR) is 141 cm³/mol. The second-order valence-electron chi connectivity index (χ2n) is 8.28. The zero-order chi connectivity index (χ0) is 20.8. The standard InChI is InChI=1S/C25H33N5.HI/c1-19-16-22(13-15-30(19)18-20-8-4-3-5-9-20)29-25(26-2)27-14-12-21-17-28-24-11-7-6-10-23(21)24;/h3-11,17,19,22,28H,12-16,18H2,1-2H3,(H2,26,27,29);1H. The van der Waals surface area contributed by atoms with Crippen molar-refractivity contribution >= 4 is 40.8 Å². The number of piperidine rings is 1. The first-order valence-electron chi connectivity index (χ1n) is 11.0. The molecule has 0 amide bonds. The van der Waals surface area contributed by atoms with E-state index in [4.69, 9.17) is 0 Å². The lowest BCUT2D eigenvalue weighted by Gasteiger charge is -2.38. The molecule has 0 spiro atoms. The fourth-order valence-corrected chi connectivity index (χ4v) is 4.45. The Balaban J connectivity index is 0.00000272. The minimum Gasteiger partial charge on any atom is -0.361 e. The van der Waals surface area contributed by atoms with Crippen molar-refractivity contribution in [2.24, 2.45) is 4.99 Å². The Hall–Kier alpha value is -2.06. The van der Waals surface area contributed by atoms with Crippen LogP contribution in [0.4, 0.5) is 0 Å². The number of halogens is 1. The van der Waals surface area contributed by atoms with Gasteiger partial charge in [0.2, 0.25) is 0 Å². The topological polar surface area (TPSA) is 55.5 Å². The summed E-state index contributed by atoms with van der Waals surface area (Å²) in [5, 5.41) is 8.45. The van der Waals surface area contributed by atoms with Crippen molar-refractivity contribution in [2.75, 3.05) is 20.1 Å². The molecular weight excluding hydrogens is 497 g/mol.